The summed E-state index contributed by atoms with van der Waals surface area (Å²) in [5.74, 6) is -0.304. The minimum Gasteiger partial charge on any atom is -0.389 e. The first-order valence-corrected chi connectivity index (χ1v) is 6.17. The molecule has 2 atom stereocenters. The summed E-state index contributed by atoms with van der Waals surface area (Å²) in [6.07, 6.45) is 1.53. The lowest BCUT2D eigenvalue weighted by atomic mass is 10.0. The fourth-order valence-corrected chi connectivity index (χ4v) is 2.03. The predicted molar refractivity (Wildman–Crippen MR) is 69.8 cm³/mol. The van der Waals surface area contributed by atoms with Crippen molar-refractivity contribution in [2.24, 2.45) is 0 Å². The fourth-order valence-electron chi connectivity index (χ4n) is 2.03. The third kappa shape index (κ3) is 3.43. The molecule has 0 amide bonds. The van der Waals surface area contributed by atoms with Crippen molar-refractivity contribution in [3.63, 3.8) is 0 Å². The quantitative estimate of drug-likeness (QED) is 0.850. The molecule has 0 radical (unpaired) electrons. The molecule has 0 spiro atoms. The van der Waals surface area contributed by atoms with Gasteiger partial charge in [0.25, 0.3) is 0 Å². The first-order valence-electron chi connectivity index (χ1n) is 6.17. The third-order valence-electron chi connectivity index (χ3n) is 3.19. The van der Waals surface area contributed by atoms with Gasteiger partial charge in [-0.2, -0.15) is 0 Å². The molecule has 0 saturated carbocycles. The molecular weight excluding hydrogens is 217 g/mol. The SMILES string of the molecule is CCCC(C)N(C)c1ccc(F)cc1C(C)O. The summed E-state index contributed by atoms with van der Waals surface area (Å²) in [6.45, 7) is 5.94. The number of benzene rings is 1. The number of rotatable bonds is 5. The molecule has 1 N–H and O–H groups in total. The van der Waals surface area contributed by atoms with Crippen molar-refractivity contribution in [3.05, 3.63) is 29.6 Å². The normalized spacial score (nSPS) is 14.5. The summed E-state index contributed by atoms with van der Waals surface area (Å²) in [5, 5.41) is 9.70. The molecule has 0 aliphatic heterocycles. The summed E-state index contributed by atoms with van der Waals surface area (Å²) in [6, 6.07) is 4.97. The van der Waals surface area contributed by atoms with Gasteiger partial charge < -0.3 is 10.0 Å². The number of aliphatic hydroxyl groups is 1. The van der Waals surface area contributed by atoms with E-state index in [9.17, 15) is 9.50 Å². The smallest absolute Gasteiger partial charge is 0.123 e. The summed E-state index contributed by atoms with van der Waals surface area (Å²) >= 11 is 0. The average molecular weight is 239 g/mol. The molecule has 17 heavy (non-hydrogen) atoms. The highest BCUT2D eigenvalue weighted by atomic mass is 19.1. The van der Waals surface area contributed by atoms with Crippen LogP contribution in [-0.4, -0.2) is 18.2 Å². The Kier molecular flexibility index (Phi) is 4.94. The number of hydrogen-bond donors (Lipinski definition) is 1. The number of aliphatic hydroxyl groups excluding tert-OH is 1. The van der Waals surface area contributed by atoms with E-state index in [-0.39, 0.29) is 5.82 Å². The summed E-state index contributed by atoms with van der Waals surface area (Å²) in [7, 11) is 1.99. The molecule has 0 heterocycles. The molecule has 96 valence electrons. The highest BCUT2D eigenvalue weighted by Gasteiger charge is 2.16. The van der Waals surface area contributed by atoms with Gasteiger partial charge in [-0.25, -0.2) is 4.39 Å². The van der Waals surface area contributed by atoms with Gasteiger partial charge in [-0.15, -0.1) is 0 Å². The van der Waals surface area contributed by atoms with Gasteiger partial charge in [-0.05, 0) is 38.5 Å². The van der Waals surface area contributed by atoms with E-state index >= 15 is 0 Å². The van der Waals surface area contributed by atoms with Crippen LogP contribution in [0.3, 0.4) is 0 Å². The molecule has 2 unspecified atom stereocenters. The van der Waals surface area contributed by atoms with Crippen LogP contribution in [0.25, 0.3) is 0 Å². The van der Waals surface area contributed by atoms with Crippen LogP contribution >= 0.6 is 0 Å². The standard InChI is InChI=1S/C14H22FNO/c1-5-6-10(2)16(4)14-8-7-12(15)9-13(14)11(3)17/h7-11,17H,5-6H2,1-4H3. The van der Waals surface area contributed by atoms with Crippen LogP contribution < -0.4 is 4.90 Å². The Hall–Kier alpha value is -1.09. The molecule has 2 nitrogen and oxygen atoms in total. The van der Waals surface area contributed by atoms with E-state index in [2.05, 4.69) is 18.7 Å². The van der Waals surface area contributed by atoms with E-state index in [0.717, 1.165) is 18.5 Å². The van der Waals surface area contributed by atoms with Crippen molar-refractivity contribution in [1.29, 1.82) is 0 Å². The molecule has 3 heteroatoms. The molecule has 0 aliphatic rings. The van der Waals surface area contributed by atoms with Crippen molar-refractivity contribution < 1.29 is 9.50 Å². The van der Waals surface area contributed by atoms with Crippen molar-refractivity contribution in [2.45, 2.75) is 45.8 Å². The average Bonchev–Trinajstić information content (AvgIpc) is 2.28. The van der Waals surface area contributed by atoms with E-state index in [1.54, 1.807) is 13.0 Å². The topological polar surface area (TPSA) is 23.5 Å². The summed E-state index contributed by atoms with van der Waals surface area (Å²) in [4.78, 5) is 2.10. The first kappa shape index (κ1) is 14.0. The van der Waals surface area contributed by atoms with E-state index < -0.39 is 6.10 Å². The van der Waals surface area contributed by atoms with Crippen LogP contribution in [-0.2, 0) is 0 Å². The first-order chi connectivity index (χ1) is 7.97. The number of halogens is 1. The Bertz CT molecular complexity index is 365. The summed E-state index contributed by atoms with van der Waals surface area (Å²) < 4.78 is 13.2. The van der Waals surface area contributed by atoms with Crippen LogP contribution in [0.15, 0.2) is 18.2 Å². The zero-order valence-corrected chi connectivity index (χ0v) is 11.1. The van der Waals surface area contributed by atoms with E-state index in [4.69, 9.17) is 0 Å². The van der Waals surface area contributed by atoms with E-state index in [1.807, 2.05) is 7.05 Å². The second-order valence-electron chi connectivity index (χ2n) is 4.63. The molecular formula is C14H22FNO. The number of hydrogen-bond acceptors (Lipinski definition) is 2. The lowest BCUT2D eigenvalue weighted by molar-refractivity contribution is 0.199. The zero-order chi connectivity index (χ0) is 13.0. The van der Waals surface area contributed by atoms with Gasteiger partial charge in [0.1, 0.15) is 5.82 Å². The molecule has 0 bridgehead atoms. The molecule has 0 fully saturated rings. The number of nitrogens with zero attached hydrogens (tertiary/aromatic N) is 1. The van der Waals surface area contributed by atoms with Gasteiger partial charge in [0.15, 0.2) is 0 Å². The van der Waals surface area contributed by atoms with Gasteiger partial charge in [0.05, 0.1) is 6.10 Å². The second-order valence-corrected chi connectivity index (χ2v) is 4.63. The Morgan fingerprint density at radius 2 is 2.00 bits per heavy atom. The predicted octanol–water partition coefficient (Wildman–Crippen LogP) is 3.50. The van der Waals surface area contributed by atoms with Gasteiger partial charge in [0.2, 0.25) is 0 Å². The van der Waals surface area contributed by atoms with E-state index in [0.29, 0.717) is 11.6 Å². The minimum absolute atomic E-state index is 0.304. The summed E-state index contributed by atoms with van der Waals surface area (Å²) in [5.41, 5.74) is 1.55. The zero-order valence-electron chi connectivity index (χ0n) is 11.1. The number of anilines is 1. The molecule has 0 aliphatic carbocycles. The van der Waals surface area contributed by atoms with Crippen LogP contribution in [0.1, 0.15) is 45.3 Å². The fraction of sp³-hybridized carbons (Fsp3) is 0.571. The van der Waals surface area contributed by atoms with Gasteiger partial charge in [0, 0.05) is 24.3 Å². The molecule has 0 aromatic heterocycles. The van der Waals surface area contributed by atoms with Crippen molar-refractivity contribution in [3.8, 4) is 0 Å². The van der Waals surface area contributed by atoms with Crippen molar-refractivity contribution >= 4 is 5.69 Å². The Morgan fingerprint density at radius 1 is 1.35 bits per heavy atom. The molecule has 1 rings (SSSR count). The highest BCUT2D eigenvalue weighted by Crippen LogP contribution is 2.28. The minimum atomic E-state index is -0.656. The lowest BCUT2D eigenvalue weighted by Gasteiger charge is -2.29. The van der Waals surface area contributed by atoms with Crippen LogP contribution in [0.2, 0.25) is 0 Å². The van der Waals surface area contributed by atoms with Gasteiger partial charge in [-0.3, -0.25) is 0 Å². The Balaban J connectivity index is 3.03. The van der Waals surface area contributed by atoms with Crippen LogP contribution in [0.4, 0.5) is 10.1 Å². The largest absolute Gasteiger partial charge is 0.389 e. The van der Waals surface area contributed by atoms with Crippen LogP contribution in [0, 0.1) is 5.82 Å². The van der Waals surface area contributed by atoms with E-state index in [1.165, 1.54) is 12.1 Å². The maximum Gasteiger partial charge on any atom is 0.123 e. The second kappa shape index (κ2) is 6.01. The highest BCUT2D eigenvalue weighted by molar-refractivity contribution is 5.54. The Morgan fingerprint density at radius 3 is 2.53 bits per heavy atom. The Labute approximate surface area is 103 Å². The molecule has 0 saturated heterocycles. The molecule has 1 aromatic carbocycles. The third-order valence-corrected chi connectivity index (χ3v) is 3.19. The maximum atomic E-state index is 13.2. The van der Waals surface area contributed by atoms with Gasteiger partial charge >= 0.3 is 0 Å². The maximum absolute atomic E-state index is 13.2. The molecule has 1 aromatic rings. The monoisotopic (exact) mass is 239 g/mol. The van der Waals surface area contributed by atoms with Crippen molar-refractivity contribution in [1.82, 2.24) is 0 Å². The van der Waals surface area contributed by atoms with Crippen molar-refractivity contribution in [2.75, 3.05) is 11.9 Å². The van der Waals surface area contributed by atoms with Crippen LogP contribution in [0.5, 0.6) is 0 Å². The van der Waals surface area contributed by atoms with Gasteiger partial charge in [-0.1, -0.05) is 13.3 Å². The lowest BCUT2D eigenvalue weighted by Crippen LogP contribution is -2.29.